The second-order valence-corrected chi connectivity index (χ2v) is 7.04. The highest BCUT2D eigenvalue weighted by Crippen LogP contribution is 2.30. The highest BCUT2D eigenvalue weighted by Gasteiger charge is 2.28. The maximum atomic E-state index is 13.5. The Labute approximate surface area is 185 Å². The molecule has 0 fully saturated rings. The first-order chi connectivity index (χ1) is 13.1. The smallest absolute Gasteiger partial charge is 0.277 e. The van der Waals surface area contributed by atoms with E-state index in [4.69, 9.17) is 10.2 Å². The van der Waals surface area contributed by atoms with E-state index in [1.807, 2.05) is 26.8 Å². The molecule has 0 atom stereocenters. The quantitative estimate of drug-likeness (QED) is 0.574. The van der Waals surface area contributed by atoms with Gasteiger partial charge in [0.1, 0.15) is 11.5 Å². The SMILES string of the molecule is Cc1cc(-c2cc(C(=O)NCC(F)(F)CN)c3cnn(C(C)C)c3n2)c(C)o1.Cl.Cl. The fraction of sp³-hybridized carbons (Fsp3) is 0.421. The van der Waals surface area contributed by atoms with Crippen LogP contribution in [0.5, 0.6) is 0 Å². The first kappa shape index (κ1) is 25.8. The van der Waals surface area contributed by atoms with Gasteiger partial charge in [-0.25, -0.2) is 18.4 Å². The molecule has 0 aliphatic carbocycles. The summed E-state index contributed by atoms with van der Waals surface area (Å²) in [6.07, 6.45) is 1.52. The summed E-state index contributed by atoms with van der Waals surface area (Å²) in [5.74, 6) is -2.45. The van der Waals surface area contributed by atoms with Gasteiger partial charge in [0.15, 0.2) is 5.65 Å². The highest BCUT2D eigenvalue weighted by atomic mass is 35.5. The Bertz CT molecular complexity index is 1030. The summed E-state index contributed by atoms with van der Waals surface area (Å²) >= 11 is 0. The molecule has 0 aromatic carbocycles. The van der Waals surface area contributed by atoms with Crippen LogP contribution in [0.2, 0.25) is 0 Å². The van der Waals surface area contributed by atoms with Gasteiger partial charge in [-0.3, -0.25) is 4.79 Å². The van der Waals surface area contributed by atoms with Crippen LogP contribution in [0, 0.1) is 13.8 Å². The van der Waals surface area contributed by atoms with Crippen molar-refractivity contribution < 1.29 is 18.0 Å². The Kier molecular flexibility index (Phi) is 8.36. The van der Waals surface area contributed by atoms with Crippen molar-refractivity contribution in [3.05, 3.63) is 35.4 Å². The number of nitrogens with one attached hydrogen (secondary N) is 1. The number of nitrogens with two attached hydrogens (primary N) is 1. The highest BCUT2D eigenvalue weighted by molar-refractivity contribution is 6.06. The molecule has 7 nitrogen and oxygen atoms in total. The van der Waals surface area contributed by atoms with Crippen molar-refractivity contribution in [2.45, 2.75) is 39.7 Å². The number of aromatic nitrogens is 3. The van der Waals surface area contributed by atoms with Crippen LogP contribution >= 0.6 is 24.8 Å². The van der Waals surface area contributed by atoms with Gasteiger partial charge in [0.2, 0.25) is 0 Å². The van der Waals surface area contributed by atoms with Crippen LogP contribution in [0.15, 0.2) is 22.7 Å². The van der Waals surface area contributed by atoms with Gasteiger partial charge in [-0.1, -0.05) is 0 Å². The van der Waals surface area contributed by atoms with Gasteiger partial charge in [-0.05, 0) is 39.8 Å². The number of carbonyl (C=O) groups is 1. The van der Waals surface area contributed by atoms with E-state index in [9.17, 15) is 13.6 Å². The Morgan fingerprint density at radius 3 is 2.50 bits per heavy atom. The molecule has 3 rings (SSSR count). The molecule has 11 heteroatoms. The van der Waals surface area contributed by atoms with Gasteiger partial charge < -0.3 is 15.5 Å². The third-order valence-corrected chi connectivity index (χ3v) is 4.42. The van der Waals surface area contributed by atoms with Crippen LogP contribution in [-0.4, -0.2) is 39.7 Å². The van der Waals surface area contributed by atoms with Crippen molar-refractivity contribution in [1.29, 1.82) is 0 Å². The van der Waals surface area contributed by atoms with Crippen molar-refractivity contribution in [2.75, 3.05) is 13.1 Å². The number of alkyl halides is 2. The molecule has 3 N–H and O–H groups in total. The van der Waals surface area contributed by atoms with Gasteiger partial charge in [-0.2, -0.15) is 5.10 Å². The second kappa shape index (κ2) is 9.72. The predicted molar refractivity (Wildman–Crippen MR) is 116 cm³/mol. The minimum atomic E-state index is -3.18. The monoisotopic (exact) mass is 463 g/mol. The van der Waals surface area contributed by atoms with Crippen molar-refractivity contribution in [3.63, 3.8) is 0 Å². The maximum Gasteiger partial charge on any atom is 0.277 e. The number of aryl methyl sites for hydroxylation is 2. The third-order valence-electron chi connectivity index (χ3n) is 4.42. The fourth-order valence-electron chi connectivity index (χ4n) is 2.98. The van der Waals surface area contributed by atoms with E-state index in [0.29, 0.717) is 28.2 Å². The van der Waals surface area contributed by atoms with E-state index >= 15 is 0 Å². The Hall–Kier alpha value is -2.23. The van der Waals surface area contributed by atoms with Crippen LogP contribution in [-0.2, 0) is 0 Å². The number of halogens is 4. The Balaban J connectivity index is 0.00000225. The van der Waals surface area contributed by atoms with E-state index in [2.05, 4.69) is 15.4 Å². The summed E-state index contributed by atoms with van der Waals surface area (Å²) in [5.41, 5.74) is 7.01. The largest absolute Gasteiger partial charge is 0.466 e. The summed E-state index contributed by atoms with van der Waals surface area (Å²) in [5, 5.41) is 7.06. The molecule has 0 saturated carbocycles. The molecule has 0 aliphatic rings. The summed E-state index contributed by atoms with van der Waals surface area (Å²) in [6, 6.07) is 3.40. The van der Waals surface area contributed by atoms with Crippen LogP contribution in [0.25, 0.3) is 22.3 Å². The van der Waals surface area contributed by atoms with Gasteiger partial charge in [0.25, 0.3) is 11.8 Å². The van der Waals surface area contributed by atoms with E-state index in [1.54, 1.807) is 17.7 Å². The molecule has 0 unspecified atom stereocenters. The number of pyridine rings is 1. The van der Waals surface area contributed by atoms with E-state index < -0.39 is 24.9 Å². The molecule has 0 saturated heterocycles. The van der Waals surface area contributed by atoms with Crippen molar-refractivity contribution in [3.8, 4) is 11.3 Å². The predicted octanol–water partition coefficient (Wildman–Crippen LogP) is 4.06. The summed E-state index contributed by atoms with van der Waals surface area (Å²) in [4.78, 5) is 17.4. The molecular formula is C19H25Cl2F2N5O2. The second-order valence-electron chi connectivity index (χ2n) is 7.04. The van der Waals surface area contributed by atoms with Gasteiger partial charge >= 0.3 is 0 Å². The van der Waals surface area contributed by atoms with Crippen LogP contribution in [0.3, 0.4) is 0 Å². The molecule has 0 aliphatic heterocycles. The molecule has 0 bridgehead atoms. The standard InChI is InChI=1S/C19H23F2N5O2.2ClH/c1-10(2)26-17-15(7-24-26)14(18(27)23-9-19(20,21)8-22)6-16(25-17)13-5-11(3)28-12(13)4;;/h5-7,10H,8-9,22H2,1-4H3,(H,23,27);2*1H. The number of rotatable bonds is 6. The van der Waals surface area contributed by atoms with Gasteiger partial charge in [0.05, 0.1) is 35.9 Å². The molecule has 3 aromatic rings. The normalized spacial score (nSPS) is 11.3. The fourth-order valence-corrected chi connectivity index (χ4v) is 2.98. The summed E-state index contributed by atoms with van der Waals surface area (Å²) in [7, 11) is 0. The zero-order chi connectivity index (χ0) is 20.6. The topological polar surface area (TPSA) is 99.0 Å². The number of fused-ring (bicyclic) bond motifs is 1. The first-order valence-electron chi connectivity index (χ1n) is 8.94. The third kappa shape index (κ3) is 5.08. The van der Waals surface area contributed by atoms with Crippen molar-refractivity contribution in [2.24, 2.45) is 5.73 Å². The Morgan fingerprint density at radius 2 is 1.97 bits per heavy atom. The van der Waals surface area contributed by atoms with Crippen LogP contribution in [0.4, 0.5) is 8.78 Å². The average Bonchev–Trinajstić information content (AvgIpc) is 3.21. The van der Waals surface area contributed by atoms with Crippen molar-refractivity contribution >= 4 is 41.8 Å². The lowest BCUT2D eigenvalue weighted by atomic mass is 10.1. The van der Waals surface area contributed by atoms with E-state index in [0.717, 1.165) is 5.56 Å². The molecule has 0 spiro atoms. The molecule has 3 heterocycles. The number of hydrogen-bond donors (Lipinski definition) is 2. The number of nitrogens with zero attached hydrogens (tertiary/aromatic N) is 3. The molecule has 166 valence electrons. The number of furan rings is 1. The van der Waals surface area contributed by atoms with Crippen LogP contribution < -0.4 is 11.1 Å². The van der Waals surface area contributed by atoms with E-state index in [1.165, 1.54) is 6.20 Å². The average molecular weight is 464 g/mol. The summed E-state index contributed by atoms with van der Waals surface area (Å²) < 4.78 is 34.2. The minimum Gasteiger partial charge on any atom is -0.466 e. The molecule has 1 amide bonds. The van der Waals surface area contributed by atoms with Crippen LogP contribution in [0.1, 0.15) is 41.8 Å². The summed E-state index contributed by atoms with van der Waals surface area (Å²) in [6.45, 7) is 5.81. The van der Waals surface area contributed by atoms with Crippen molar-refractivity contribution in [1.82, 2.24) is 20.1 Å². The van der Waals surface area contributed by atoms with Gasteiger partial charge in [-0.15, -0.1) is 24.8 Å². The number of amides is 1. The van der Waals surface area contributed by atoms with Gasteiger partial charge in [0, 0.05) is 11.6 Å². The minimum absolute atomic E-state index is 0. The number of carbonyl (C=O) groups excluding carboxylic acids is 1. The lowest BCUT2D eigenvalue weighted by Crippen LogP contribution is -2.41. The molecular weight excluding hydrogens is 439 g/mol. The Morgan fingerprint density at radius 1 is 1.30 bits per heavy atom. The molecule has 30 heavy (non-hydrogen) atoms. The van der Waals surface area contributed by atoms with E-state index in [-0.39, 0.29) is 36.4 Å². The lowest BCUT2D eigenvalue weighted by Gasteiger charge is -2.15. The maximum absolute atomic E-state index is 13.5. The first-order valence-corrected chi connectivity index (χ1v) is 8.94. The molecule has 0 radical (unpaired) electrons. The zero-order valence-corrected chi connectivity index (χ0v) is 18.7. The zero-order valence-electron chi connectivity index (χ0n) is 17.0. The molecule has 3 aromatic heterocycles. The number of hydrogen-bond acceptors (Lipinski definition) is 5. The lowest BCUT2D eigenvalue weighted by molar-refractivity contribution is 0.0119.